The van der Waals surface area contributed by atoms with Gasteiger partial charge in [-0.3, -0.25) is 0 Å². The van der Waals surface area contributed by atoms with E-state index in [4.69, 9.17) is 10.9 Å². The van der Waals surface area contributed by atoms with Crippen molar-refractivity contribution < 1.29 is 8.42 Å². The SMILES string of the molecule is Cc1ncccn1.Nc1ccc(S(N)(=O)=O)cc1. The van der Waals surface area contributed by atoms with Gasteiger partial charge in [-0.05, 0) is 37.3 Å². The molecule has 4 N–H and O–H groups in total. The zero-order valence-electron chi connectivity index (χ0n) is 9.82. The Morgan fingerprint density at radius 2 is 1.56 bits per heavy atom. The van der Waals surface area contributed by atoms with Gasteiger partial charge in [-0.25, -0.2) is 23.5 Å². The summed E-state index contributed by atoms with van der Waals surface area (Å²) in [5.74, 6) is 0.822. The molecule has 0 fully saturated rings. The van der Waals surface area contributed by atoms with E-state index in [0.717, 1.165) is 5.82 Å². The Morgan fingerprint density at radius 3 is 1.89 bits per heavy atom. The number of nitrogens with zero attached hydrogens (tertiary/aromatic N) is 2. The molecule has 0 radical (unpaired) electrons. The number of rotatable bonds is 1. The Hall–Kier alpha value is -1.99. The minimum absolute atomic E-state index is 0.0756. The third-order valence-electron chi connectivity index (χ3n) is 1.90. The van der Waals surface area contributed by atoms with Gasteiger partial charge in [0.15, 0.2) is 0 Å². The number of aryl methyl sites for hydroxylation is 1. The Balaban J connectivity index is 0.000000199. The third kappa shape index (κ3) is 4.89. The maximum Gasteiger partial charge on any atom is 0.238 e. The van der Waals surface area contributed by atoms with E-state index in [2.05, 4.69) is 9.97 Å². The second-order valence-corrected chi connectivity index (χ2v) is 4.97. The van der Waals surface area contributed by atoms with E-state index in [1.54, 1.807) is 18.5 Å². The second-order valence-electron chi connectivity index (χ2n) is 3.41. The number of hydrogen-bond acceptors (Lipinski definition) is 5. The lowest BCUT2D eigenvalue weighted by Crippen LogP contribution is -2.11. The maximum absolute atomic E-state index is 10.7. The number of anilines is 1. The Bertz CT molecular complexity index is 582. The third-order valence-corrected chi connectivity index (χ3v) is 2.83. The largest absolute Gasteiger partial charge is 0.399 e. The van der Waals surface area contributed by atoms with Crippen LogP contribution in [-0.4, -0.2) is 18.4 Å². The molecule has 18 heavy (non-hydrogen) atoms. The number of nitrogen functional groups attached to an aromatic ring is 1. The van der Waals surface area contributed by atoms with Gasteiger partial charge in [0.1, 0.15) is 5.82 Å². The fourth-order valence-corrected chi connectivity index (χ4v) is 1.55. The minimum atomic E-state index is -3.58. The van der Waals surface area contributed by atoms with Crippen molar-refractivity contribution in [2.45, 2.75) is 11.8 Å². The standard InChI is InChI=1S/C6H8N2O2S.C5H6N2/c7-5-1-3-6(4-2-5)11(8,9)10;1-5-6-3-2-4-7-5/h1-4H,7H2,(H2,8,9,10);2-4H,1H3. The van der Waals surface area contributed by atoms with Gasteiger partial charge in [-0.1, -0.05) is 0 Å². The fourth-order valence-electron chi connectivity index (χ4n) is 1.03. The summed E-state index contributed by atoms with van der Waals surface area (Å²) >= 11 is 0. The predicted molar refractivity (Wildman–Crippen MR) is 69.0 cm³/mol. The van der Waals surface area contributed by atoms with Crippen molar-refractivity contribution in [3.05, 3.63) is 48.5 Å². The zero-order valence-corrected chi connectivity index (χ0v) is 10.6. The van der Waals surface area contributed by atoms with Crippen LogP contribution in [0.5, 0.6) is 0 Å². The van der Waals surface area contributed by atoms with Crippen LogP contribution in [0.3, 0.4) is 0 Å². The monoisotopic (exact) mass is 266 g/mol. The quantitative estimate of drug-likeness (QED) is 0.738. The van der Waals surface area contributed by atoms with Crippen molar-refractivity contribution in [3.63, 3.8) is 0 Å². The van der Waals surface area contributed by atoms with E-state index in [1.807, 2.05) is 6.92 Å². The summed E-state index contributed by atoms with van der Waals surface area (Å²) in [5.41, 5.74) is 5.85. The predicted octanol–water partition coefficient (Wildman–Crippen LogP) is 0.701. The van der Waals surface area contributed by atoms with Crippen molar-refractivity contribution in [2.75, 3.05) is 5.73 Å². The fraction of sp³-hybridized carbons (Fsp3) is 0.0909. The molecule has 0 unspecified atom stereocenters. The maximum atomic E-state index is 10.7. The lowest BCUT2D eigenvalue weighted by atomic mass is 10.3. The van der Waals surface area contributed by atoms with E-state index < -0.39 is 10.0 Å². The number of benzene rings is 1. The van der Waals surface area contributed by atoms with Crippen LogP contribution in [0.15, 0.2) is 47.6 Å². The van der Waals surface area contributed by atoms with Crippen LogP contribution in [0.25, 0.3) is 0 Å². The number of primary sulfonamides is 1. The van der Waals surface area contributed by atoms with Gasteiger partial charge in [0.05, 0.1) is 4.90 Å². The molecule has 0 amide bonds. The summed E-state index contributed by atoms with van der Waals surface area (Å²) in [5, 5.41) is 4.84. The highest BCUT2D eigenvalue weighted by atomic mass is 32.2. The van der Waals surface area contributed by atoms with Gasteiger partial charge < -0.3 is 5.73 Å². The van der Waals surface area contributed by atoms with Gasteiger partial charge in [0.25, 0.3) is 0 Å². The first-order chi connectivity index (χ1) is 8.39. The molecule has 1 aromatic heterocycles. The average molecular weight is 266 g/mol. The lowest BCUT2D eigenvalue weighted by molar-refractivity contribution is 0.598. The van der Waals surface area contributed by atoms with Crippen molar-refractivity contribution in [2.24, 2.45) is 5.14 Å². The highest BCUT2D eigenvalue weighted by molar-refractivity contribution is 7.89. The molecule has 0 aliphatic rings. The number of nitrogens with two attached hydrogens (primary N) is 2. The number of hydrogen-bond donors (Lipinski definition) is 2. The molecule has 1 aromatic carbocycles. The topological polar surface area (TPSA) is 112 Å². The van der Waals surface area contributed by atoms with Crippen LogP contribution < -0.4 is 10.9 Å². The van der Waals surface area contributed by atoms with Gasteiger partial charge in [0.2, 0.25) is 10.0 Å². The van der Waals surface area contributed by atoms with E-state index >= 15 is 0 Å². The molecule has 0 atom stereocenters. The first-order valence-corrected chi connectivity index (χ1v) is 6.56. The number of aromatic nitrogens is 2. The van der Waals surface area contributed by atoms with Crippen LogP contribution in [0.4, 0.5) is 5.69 Å². The lowest BCUT2D eigenvalue weighted by Gasteiger charge is -1.96. The molecule has 2 rings (SSSR count). The first kappa shape index (κ1) is 14.1. The Morgan fingerprint density at radius 1 is 1.06 bits per heavy atom. The summed E-state index contributed by atoms with van der Waals surface area (Å²) in [7, 11) is -3.58. The summed E-state index contributed by atoms with van der Waals surface area (Å²) in [4.78, 5) is 7.81. The molecule has 0 aliphatic carbocycles. The molecule has 7 heteroatoms. The normalized spacial score (nSPS) is 10.3. The Labute approximate surface area is 106 Å². The van der Waals surface area contributed by atoms with Gasteiger partial charge in [0, 0.05) is 18.1 Å². The van der Waals surface area contributed by atoms with Crippen molar-refractivity contribution in [1.82, 2.24) is 9.97 Å². The van der Waals surface area contributed by atoms with Crippen LogP contribution in [0, 0.1) is 6.92 Å². The van der Waals surface area contributed by atoms with Crippen LogP contribution in [0.1, 0.15) is 5.82 Å². The van der Waals surface area contributed by atoms with E-state index in [1.165, 1.54) is 24.3 Å². The summed E-state index contributed by atoms with van der Waals surface area (Å²) in [6.07, 6.45) is 3.45. The van der Waals surface area contributed by atoms with Crippen LogP contribution in [0.2, 0.25) is 0 Å². The van der Waals surface area contributed by atoms with Crippen LogP contribution in [-0.2, 0) is 10.0 Å². The number of sulfonamides is 1. The molecule has 96 valence electrons. The molecule has 0 bridgehead atoms. The summed E-state index contributed by atoms with van der Waals surface area (Å²) < 4.78 is 21.4. The molecule has 0 saturated heterocycles. The van der Waals surface area contributed by atoms with Gasteiger partial charge >= 0.3 is 0 Å². The minimum Gasteiger partial charge on any atom is -0.399 e. The molecular formula is C11H14N4O2S. The van der Waals surface area contributed by atoms with E-state index in [-0.39, 0.29) is 4.90 Å². The zero-order chi connectivity index (χ0) is 13.6. The molecular weight excluding hydrogens is 252 g/mol. The van der Waals surface area contributed by atoms with E-state index in [9.17, 15) is 8.42 Å². The smallest absolute Gasteiger partial charge is 0.238 e. The van der Waals surface area contributed by atoms with Gasteiger partial charge in [-0.2, -0.15) is 0 Å². The first-order valence-electron chi connectivity index (χ1n) is 5.01. The Kier molecular flexibility index (Phi) is 4.75. The van der Waals surface area contributed by atoms with Crippen molar-refractivity contribution in [1.29, 1.82) is 0 Å². The molecule has 6 nitrogen and oxygen atoms in total. The molecule has 0 spiro atoms. The molecule has 0 aliphatic heterocycles. The molecule has 2 aromatic rings. The summed E-state index contributed by atoms with van der Waals surface area (Å²) in [6.45, 7) is 1.86. The van der Waals surface area contributed by atoms with Gasteiger partial charge in [-0.15, -0.1) is 0 Å². The average Bonchev–Trinajstić information content (AvgIpc) is 2.30. The van der Waals surface area contributed by atoms with E-state index in [0.29, 0.717) is 5.69 Å². The highest BCUT2D eigenvalue weighted by Crippen LogP contribution is 2.08. The van der Waals surface area contributed by atoms with Crippen molar-refractivity contribution >= 4 is 15.7 Å². The second kappa shape index (κ2) is 6.08. The summed E-state index contributed by atoms with van der Waals surface area (Å²) in [6, 6.07) is 7.50. The van der Waals surface area contributed by atoms with Crippen molar-refractivity contribution in [3.8, 4) is 0 Å². The molecule has 1 heterocycles. The van der Waals surface area contributed by atoms with Crippen LogP contribution >= 0.6 is 0 Å². The highest BCUT2D eigenvalue weighted by Gasteiger charge is 2.04. The molecule has 0 saturated carbocycles.